The number of non-ortho nitro benzene ring substituents is 1. The Morgan fingerprint density at radius 2 is 2.16 bits per heavy atom. The van der Waals surface area contributed by atoms with Crippen molar-refractivity contribution < 1.29 is 14.4 Å². The molecular formula is C13H20N2O4. The van der Waals surface area contributed by atoms with Gasteiger partial charge in [0.2, 0.25) is 0 Å². The van der Waals surface area contributed by atoms with E-state index in [1.54, 1.807) is 6.07 Å². The van der Waals surface area contributed by atoms with Crippen LogP contribution in [-0.4, -0.2) is 25.4 Å². The average Bonchev–Trinajstić information content (AvgIpc) is 2.36. The van der Waals surface area contributed by atoms with E-state index in [1.165, 1.54) is 19.2 Å². The molecule has 1 N–H and O–H groups in total. The maximum atomic E-state index is 10.8. The Morgan fingerprint density at radius 3 is 2.74 bits per heavy atom. The van der Waals surface area contributed by atoms with Crippen molar-refractivity contribution in [2.24, 2.45) is 5.92 Å². The normalized spacial score (nSPS) is 10.7. The van der Waals surface area contributed by atoms with Crippen LogP contribution in [-0.2, 0) is 11.3 Å². The summed E-state index contributed by atoms with van der Waals surface area (Å²) >= 11 is 0. The molecule has 1 aromatic carbocycles. The Hall–Kier alpha value is -1.66. The summed E-state index contributed by atoms with van der Waals surface area (Å²) in [6, 6.07) is 4.55. The molecule has 0 aliphatic rings. The summed E-state index contributed by atoms with van der Waals surface area (Å²) < 4.78 is 10.2. The summed E-state index contributed by atoms with van der Waals surface area (Å²) in [5, 5.41) is 14.0. The molecule has 0 fully saturated rings. The number of hydrogen-bond acceptors (Lipinski definition) is 5. The van der Waals surface area contributed by atoms with Crippen LogP contribution in [0.4, 0.5) is 5.69 Å². The van der Waals surface area contributed by atoms with Gasteiger partial charge in [-0.25, -0.2) is 0 Å². The van der Waals surface area contributed by atoms with Gasteiger partial charge in [0.05, 0.1) is 4.92 Å². The lowest BCUT2D eigenvalue weighted by atomic mass is 10.1. The smallest absolute Gasteiger partial charge is 0.270 e. The van der Waals surface area contributed by atoms with E-state index in [2.05, 4.69) is 19.2 Å². The van der Waals surface area contributed by atoms with Gasteiger partial charge in [0.15, 0.2) is 6.79 Å². The maximum Gasteiger partial charge on any atom is 0.270 e. The van der Waals surface area contributed by atoms with Gasteiger partial charge in [-0.05, 0) is 18.5 Å². The van der Waals surface area contributed by atoms with Crippen molar-refractivity contribution in [1.29, 1.82) is 0 Å². The number of nitrogens with one attached hydrogen (secondary N) is 1. The highest BCUT2D eigenvalue weighted by molar-refractivity contribution is 5.43. The highest BCUT2D eigenvalue weighted by Crippen LogP contribution is 2.24. The number of methoxy groups -OCH3 is 1. The fourth-order valence-corrected chi connectivity index (χ4v) is 1.58. The van der Waals surface area contributed by atoms with E-state index in [0.29, 0.717) is 18.2 Å². The molecule has 0 amide bonds. The molecule has 0 unspecified atom stereocenters. The molecule has 6 heteroatoms. The van der Waals surface area contributed by atoms with Crippen LogP contribution in [0.5, 0.6) is 5.75 Å². The second-order valence-corrected chi connectivity index (χ2v) is 4.62. The third-order valence-corrected chi connectivity index (χ3v) is 2.46. The van der Waals surface area contributed by atoms with Gasteiger partial charge in [-0.1, -0.05) is 13.8 Å². The molecule has 19 heavy (non-hydrogen) atoms. The van der Waals surface area contributed by atoms with Crippen molar-refractivity contribution in [1.82, 2.24) is 5.32 Å². The summed E-state index contributed by atoms with van der Waals surface area (Å²) in [5.41, 5.74) is 0.818. The number of benzene rings is 1. The molecule has 0 radical (unpaired) electrons. The van der Waals surface area contributed by atoms with Gasteiger partial charge in [0.25, 0.3) is 5.69 Å². The van der Waals surface area contributed by atoms with Crippen molar-refractivity contribution in [3.05, 3.63) is 33.9 Å². The number of nitro benzene ring substituents is 1. The van der Waals surface area contributed by atoms with E-state index >= 15 is 0 Å². The molecular weight excluding hydrogens is 248 g/mol. The van der Waals surface area contributed by atoms with Crippen LogP contribution < -0.4 is 10.1 Å². The molecule has 0 atom stereocenters. The molecule has 106 valence electrons. The predicted octanol–water partition coefficient (Wildman–Crippen LogP) is 2.32. The van der Waals surface area contributed by atoms with E-state index in [4.69, 9.17) is 9.47 Å². The van der Waals surface area contributed by atoms with Crippen LogP contribution in [0.2, 0.25) is 0 Å². The molecule has 0 aliphatic carbocycles. The second kappa shape index (κ2) is 7.70. The first kappa shape index (κ1) is 15.4. The molecule has 0 spiro atoms. The Balaban J connectivity index is 2.81. The van der Waals surface area contributed by atoms with Crippen molar-refractivity contribution in [3.63, 3.8) is 0 Å². The van der Waals surface area contributed by atoms with Gasteiger partial charge < -0.3 is 14.8 Å². The van der Waals surface area contributed by atoms with Gasteiger partial charge in [0, 0.05) is 31.4 Å². The van der Waals surface area contributed by atoms with Crippen LogP contribution in [0.1, 0.15) is 19.4 Å². The molecule has 0 bridgehead atoms. The number of ether oxygens (including phenoxy) is 2. The zero-order valence-electron chi connectivity index (χ0n) is 11.5. The first-order valence-corrected chi connectivity index (χ1v) is 6.14. The minimum absolute atomic E-state index is 0.0612. The fraction of sp³-hybridized carbons (Fsp3) is 0.538. The van der Waals surface area contributed by atoms with Crippen LogP contribution >= 0.6 is 0 Å². The fourth-order valence-electron chi connectivity index (χ4n) is 1.58. The molecule has 0 aliphatic heterocycles. The summed E-state index contributed by atoms with van der Waals surface area (Å²) in [6.07, 6.45) is 0. The van der Waals surface area contributed by atoms with Gasteiger partial charge in [-0.3, -0.25) is 10.1 Å². The van der Waals surface area contributed by atoms with Crippen LogP contribution in [0.3, 0.4) is 0 Å². The molecule has 0 saturated carbocycles. The largest absolute Gasteiger partial charge is 0.467 e. The van der Waals surface area contributed by atoms with E-state index in [0.717, 1.165) is 12.1 Å². The lowest BCUT2D eigenvalue weighted by Crippen LogP contribution is -2.19. The third kappa shape index (κ3) is 5.23. The lowest BCUT2D eigenvalue weighted by molar-refractivity contribution is -0.384. The average molecular weight is 268 g/mol. The Bertz CT molecular complexity index is 421. The van der Waals surface area contributed by atoms with Crippen molar-refractivity contribution in [2.45, 2.75) is 20.4 Å². The Labute approximate surface area is 112 Å². The third-order valence-electron chi connectivity index (χ3n) is 2.46. The second-order valence-electron chi connectivity index (χ2n) is 4.62. The summed E-state index contributed by atoms with van der Waals surface area (Å²) in [7, 11) is 1.53. The maximum absolute atomic E-state index is 10.8. The van der Waals surface area contributed by atoms with Crippen molar-refractivity contribution in [3.8, 4) is 5.75 Å². The Kier molecular flexibility index (Phi) is 6.24. The zero-order valence-corrected chi connectivity index (χ0v) is 11.5. The number of nitrogens with zero attached hydrogens (tertiary/aromatic N) is 1. The van der Waals surface area contributed by atoms with E-state index in [1.807, 2.05) is 0 Å². The monoisotopic (exact) mass is 268 g/mol. The molecule has 1 rings (SSSR count). The minimum Gasteiger partial charge on any atom is -0.467 e. The highest BCUT2D eigenvalue weighted by atomic mass is 16.7. The van der Waals surface area contributed by atoms with Crippen molar-refractivity contribution >= 4 is 5.69 Å². The summed E-state index contributed by atoms with van der Waals surface area (Å²) in [6.45, 7) is 5.69. The van der Waals surface area contributed by atoms with Gasteiger partial charge >= 0.3 is 0 Å². The quantitative estimate of drug-likeness (QED) is 0.445. The molecule has 6 nitrogen and oxygen atoms in total. The number of hydrogen-bond donors (Lipinski definition) is 1. The van der Waals surface area contributed by atoms with Crippen molar-refractivity contribution in [2.75, 3.05) is 20.4 Å². The topological polar surface area (TPSA) is 73.6 Å². The predicted molar refractivity (Wildman–Crippen MR) is 72.1 cm³/mol. The molecule has 0 aromatic heterocycles. The van der Waals surface area contributed by atoms with Gasteiger partial charge in [0.1, 0.15) is 5.75 Å². The van der Waals surface area contributed by atoms with E-state index < -0.39 is 4.92 Å². The Morgan fingerprint density at radius 1 is 1.42 bits per heavy atom. The van der Waals surface area contributed by atoms with E-state index in [-0.39, 0.29) is 12.5 Å². The summed E-state index contributed by atoms with van der Waals surface area (Å²) in [5.74, 6) is 1.12. The number of rotatable bonds is 8. The van der Waals surface area contributed by atoms with Crippen LogP contribution in [0.15, 0.2) is 18.2 Å². The zero-order chi connectivity index (χ0) is 14.3. The summed E-state index contributed by atoms with van der Waals surface area (Å²) in [4.78, 5) is 10.4. The van der Waals surface area contributed by atoms with Gasteiger partial charge in [-0.15, -0.1) is 0 Å². The molecule has 1 aromatic rings. The molecule has 0 saturated heterocycles. The molecule has 0 heterocycles. The highest BCUT2D eigenvalue weighted by Gasteiger charge is 2.11. The van der Waals surface area contributed by atoms with Crippen LogP contribution in [0, 0.1) is 16.0 Å². The number of nitro groups is 1. The van der Waals surface area contributed by atoms with Crippen LogP contribution in [0.25, 0.3) is 0 Å². The standard InChI is InChI=1S/C13H20N2O4/c1-10(2)7-14-8-11-6-12(15(16)17)4-5-13(11)19-9-18-3/h4-6,10,14H,7-9H2,1-3H3. The first-order valence-electron chi connectivity index (χ1n) is 6.14. The SMILES string of the molecule is COCOc1ccc([N+](=O)[O-])cc1CNCC(C)C. The first-order chi connectivity index (χ1) is 9.04. The minimum atomic E-state index is -0.411. The van der Waals surface area contributed by atoms with E-state index in [9.17, 15) is 10.1 Å². The lowest BCUT2D eigenvalue weighted by Gasteiger charge is -2.12. The van der Waals surface area contributed by atoms with Gasteiger partial charge in [-0.2, -0.15) is 0 Å².